The minimum Gasteiger partial charge on any atom is -0.339 e. The average molecular weight is 434 g/mol. The Bertz CT molecular complexity index is 908. The maximum Gasteiger partial charge on any atom is 0.236 e. The molecule has 0 bridgehead atoms. The molecule has 1 aromatic heterocycles. The van der Waals surface area contributed by atoms with Crippen molar-refractivity contribution in [3.05, 3.63) is 58.3 Å². The number of benzene rings is 1. The lowest BCUT2D eigenvalue weighted by atomic mass is 10.2. The molecule has 1 aromatic carbocycles. The first-order valence-corrected chi connectivity index (χ1v) is 12.6. The van der Waals surface area contributed by atoms with Crippen molar-refractivity contribution in [3.63, 3.8) is 0 Å². The lowest BCUT2D eigenvalue weighted by Gasteiger charge is -2.35. The summed E-state index contributed by atoms with van der Waals surface area (Å²) in [5.74, 6) is 0.117. The van der Waals surface area contributed by atoms with Gasteiger partial charge in [0.2, 0.25) is 15.9 Å². The number of amides is 1. The number of carbonyl (C=O) groups excluding carboxylic acids is 1. The van der Waals surface area contributed by atoms with Crippen LogP contribution in [0.2, 0.25) is 0 Å². The molecule has 0 aliphatic carbocycles. The Kier molecular flexibility index (Phi) is 6.34. The molecule has 0 N–H and O–H groups in total. The summed E-state index contributed by atoms with van der Waals surface area (Å²) in [5.41, 5.74) is 0.791. The van der Waals surface area contributed by atoms with Crippen LogP contribution in [0.15, 0.2) is 47.8 Å². The van der Waals surface area contributed by atoms with Crippen LogP contribution in [0.3, 0.4) is 0 Å². The maximum atomic E-state index is 12.8. The van der Waals surface area contributed by atoms with E-state index in [2.05, 4.69) is 22.4 Å². The highest BCUT2D eigenvalue weighted by molar-refractivity contribution is 7.88. The first-order chi connectivity index (χ1) is 14.0. The molecule has 1 amide bonds. The van der Waals surface area contributed by atoms with Crippen LogP contribution in [0.1, 0.15) is 29.3 Å². The van der Waals surface area contributed by atoms with E-state index in [1.54, 1.807) is 11.3 Å². The fraction of sp³-hybridized carbons (Fsp3) is 0.476. The number of rotatable bonds is 6. The van der Waals surface area contributed by atoms with Gasteiger partial charge in [0.05, 0.1) is 12.3 Å². The topological polar surface area (TPSA) is 60.9 Å². The van der Waals surface area contributed by atoms with Crippen molar-refractivity contribution in [2.24, 2.45) is 0 Å². The first kappa shape index (κ1) is 20.5. The zero-order chi connectivity index (χ0) is 20.3. The molecule has 0 unspecified atom stereocenters. The summed E-state index contributed by atoms with van der Waals surface area (Å²) in [4.78, 5) is 18.3. The van der Waals surface area contributed by atoms with Gasteiger partial charge in [-0.05, 0) is 36.4 Å². The van der Waals surface area contributed by atoms with Gasteiger partial charge >= 0.3 is 0 Å². The Morgan fingerprint density at radius 1 is 1.00 bits per heavy atom. The quantitative estimate of drug-likeness (QED) is 0.703. The summed E-state index contributed by atoms with van der Waals surface area (Å²) < 4.78 is 26.9. The van der Waals surface area contributed by atoms with E-state index in [1.165, 1.54) is 9.18 Å². The van der Waals surface area contributed by atoms with Crippen molar-refractivity contribution in [1.82, 2.24) is 14.1 Å². The van der Waals surface area contributed by atoms with Gasteiger partial charge < -0.3 is 4.90 Å². The van der Waals surface area contributed by atoms with Gasteiger partial charge in [0.1, 0.15) is 0 Å². The Hall–Kier alpha value is -1.74. The van der Waals surface area contributed by atoms with Crippen molar-refractivity contribution in [2.45, 2.75) is 24.6 Å². The number of hydrogen-bond acceptors (Lipinski definition) is 5. The highest BCUT2D eigenvalue weighted by Crippen LogP contribution is 2.34. The third-order valence-corrected chi connectivity index (χ3v) is 8.57. The third kappa shape index (κ3) is 4.88. The van der Waals surface area contributed by atoms with Crippen LogP contribution in [0, 0.1) is 0 Å². The number of carbonyl (C=O) groups is 1. The molecular formula is C21H27N3O3S2. The van der Waals surface area contributed by atoms with Gasteiger partial charge in [-0.1, -0.05) is 36.4 Å². The van der Waals surface area contributed by atoms with Gasteiger partial charge in [0, 0.05) is 37.1 Å². The Labute approximate surface area is 176 Å². The lowest BCUT2D eigenvalue weighted by molar-refractivity contribution is -0.133. The summed E-state index contributed by atoms with van der Waals surface area (Å²) in [6.45, 7) is 3.03. The molecule has 4 rings (SSSR count). The first-order valence-electron chi connectivity index (χ1n) is 10.1. The molecule has 2 aliphatic heterocycles. The Morgan fingerprint density at radius 3 is 2.45 bits per heavy atom. The minimum atomic E-state index is -3.36. The van der Waals surface area contributed by atoms with Crippen LogP contribution >= 0.6 is 11.3 Å². The van der Waals surface area contributed by atoms with E-state index < -0.39 is 10.0 Å². The Morgan fingerprint density at radius 2 is 1.76 bits per heavy atom. The van der Waals surface area contributed by atoms with E-state index in [0.29, 0.717) is 38.8 Å². The minimum absolute atomic E-state index is 0.0120. The highest BCUT2D eigenvalue weighted by Gasteiger charge is 2.32. The van der Waals surface area contributed by atoms with Crippen LogP contribution in [-0.4, -0.2) is 67.7 Å². The molecule has 1 atom stereocenters. The summed E-state index contributed by atoms with van der Waals surface area (Å²) in [6, 6.07) is 13.8. The molecule has 0 radical (unpaired) electrons. The monoisotopic (exact) mass is 433 g/mol. The van der Waals surface area contributed by atoms with Crippen LogP contribution in [0.5, 0.6) is 0 Å². The largest absolute Gasteiger partial charge is 0.339 e. The van der Waals surface area contributed by atoms with Crippen LogP contribution in [0.4, 0.5) is 0 Å². The molecule has 3 heterocycles. The van der Waals surface area contributed by atoms with Gasteiger partial charge in [-0.15, -0.1) is 11.3 Å². The molecule has 156 valence electrons. The van der Waals surface area contributed by atoms with Crippen LogP contribution < -0.4 is 0 Å². The van der Waals surface area contributed by atoms with E-state index in [-0.39, 0.29) is 11.7 Å². The normalized spacial score (nSPS) is 21.5. The maximum absolute atomic E-state index is 12.8. The molecule has 2 saturated heterocycles. The van der Waals surface area contributed by atoms with Crippen molar-refractivity contribution >= 4 is 27.3 Å². The van der Waals surface area contributed by atoms with Gasteiger partial charge in [0.25, 0.3) is 0 Å². The van der Waals surface area contributed by atoms with Gasteiger partial charge in [0.15, 0.2) is 0 Å². The second kappa shape index (κ2) is 8.95. The SMILES string of the molecule is O=C(CN1CCC[C@H]1c1cccs1)N1CCN(S(=O)(=O)Cc2ccccc2)CC1. The number of thiophene rings is 1. The molecule has 2 aromatic rings. The van der Waals surface area contributed by atoms with Crippen molar-refractivity contribution in [2.75, 3.05) is 39.3 Å². The fourth-order valence-electron chi connectivity index (χ4n) is 4.18. The average Bonchev–Trinajstić information content (AvgIpc) is 3.40. The van der Waals surface area contributed by atoms with Crippen molar-refractivity contribution < 1.29 is 13.2 Å². The summed E-state index contributed by atoms with van der Waals surface area (Å²) in [6.07, 6.45) is 2.21. The molecule has 29 heavy (non-hydrogen) atoms. The smallest absolute Gasteiger partial charge is 0.236 e. The van der Waals surface area contributed by atoms with Crippen LogP contribution in [-0.2, 0) is 20.6 Å². The number of sulfonamides is 1. The molecule has 8 heteroatoms. The molecule has 0 saturated carbocycles. The van der Waals surface area contributed by atoms with E-state index in [9.17, 15) is 13.2 Å². The standard InChI is InChI=1S/C21H27N3O3S2/c25-21(16-23-10-4-8-19(23)20-9-5-15-28-20)22-11-13-24(14-12-22)29(26,27)17-18-6-2-1-3-7-18/h1-3,5-7,9,15,19H,4,8,10-14,16-17H2/t19-/m0/s1. The summed E-state index contributed by atoms with van der Waals surface area (Å²) >= 11 is 1.75. The molecule has 6 nitrogen and oxygen atoms in total. The third-order valence-electron chi connectivity index (χ3n) is 5.75. The van der Waals surface area contributed by atoms with Gasteiger partial charge in [-0.2, -0.15) is 4.31 Å². The zero-order valence-electron chi connectivity index (χ0n) is 16.4. The molecule has 0 spiro atoms. The lowest BCUT2D eigenvalue weighted by Crippen LogP contribution is -2.52. The summed E-state index contributed by atoms with van der Waals surface area (Å²) in [5, 5.41) is 2.09. The van der Waals surface area contributed by atoms with E-state index in [1.807, 2.05) is 35.2 Å². The second-order valence-corrected chi connectivity index (χ2v) is 10.6. The van der Waals surface area contributed by atoms with E-state index in [0.717, 1.165) is 24.9 Å². The predicted octanol–water partition coefficient (Wildman–Crippen LogP) is 2.56. The fourth-order valence-corrected chi connectivity index (χ4v) is 6.60. The van der Waals surface area contributed by atoms with Crippen LogP contribution in [0.25, 0.3) is 0 Å². The number of likely N-dealkylation sites (tertiary alicyclic amines) is 1. The van der Waals surface area contributed by atoms with Gasteiger partial charge in [-0.3, -0.25) is 9.69 Å². The molecule has 2 aliphatic rings. The summed E-state index contributed by atoms with van der Waals surface area (Å²) in [7, 11) is -3.36. The molecular weight excluding hydrogens is 406 g/mol. The number of piperazine rings is 1. The highest BCUT2D eigenvalue weighted by atomic mass is 32.2. The zero-order valence-corrected chi connectivity index (χ0v) is 18.1. The predicted molar refractivity (Wildman–Crippen MR) is 115 cm³/mol. The van der Waals surface area contributed by atoms with E-state index >= 15 is 0 Å². The Balaban J connectivity index is 1.30. The van der Waals surface area contributed by atoms with Crippen molar-refractivity contribution in [1.29, 1.82) is 0 Å². The number of nitrogens with zero attached hydrogens (tertiary/aromatic N) is 3. The molecule has 2 fully saturated rings. The number of hydrogen-bond donors (Lipinski definition) is 0. The second-order valence-electron chi connectivity index (χ2n) is 7.67. The van der Waals surface area contributed by atoms with Gasteiger partial charge in [-0.25, -0.2) is 8.42 Å². The van der Waals surface area contributed by atoms with E-state index in [4.69, 9.17) is 0 Å². The van der Waals surface area contributed by atoms with Crippen molar-refractivity contribution in [3.8, 4) is 0 Å².